The van der Waals surface area contributed by atoms with Crippen LogP contribution in [-0.2, 0) is 0 Å². The van der Waals surface area contributed by atoms with E-state index in [1.807, 2.05) is 0 Å². The molecule has 1 rings (SSSR count). The molecule has 1 radical (unpaired) electrons. The summed E-state index contributed by atoms with van der Waals surface area (Å²) in [4.78, 5) is 0.549. The van der Waals surface area contributed by atoms with Gasteiger partial charge in [-0.25, -0.2) is 5.32 Å². The van der Waals surface area contributed by atoms with Gasteiger partial charge >= 0.3 is 0 Å². The lowest BCUT2D eigenvalue weighted by Gasteiger charge is -2.06. The van der Waals surface area contributed by atoms with Gasteiger partial charge in [-0.2, -0.15) is 0 Å². The van der Waals surface area contributed by atoms with Crippen molar-refractivity contribution >= 4 is 15.9 Å². The SMILES string of the molecule is NCC1C[N]CC1Br. The molecule has 3 heteroatoms. The van der Waals surface area contributed by atoms with Gasteiger partial charge in [-0.1, -0.05) is 15.9 Å². The summed E-state index contributed by atoms with van der Waals surface area (Å²) in [6.45, 7) is 2.66. The minimum Gasteiger partial charge on any atom is -0.330 e. The molecular weight excluding hydrogens is 168 g/mol. The molecule has 0 aromatic carbocycles. The van der Waals surface area contributed by atoms with Crippen molar-refractivity contribution in [1.29, 1.82) is 0 Å². The van der Waals surface area contributed by atoms with E-state index in [4.69, 9.17) is 5.73 Å². The largest absolute Gasteiger partial charge is 0.330 e. The molecule has 0 bridgehead atoms. The molecule has 2 N–H and O–H groups in total. The lowest BCUT2D eigenvalue weighted by molar-refractivity contribution is 0.609. The lowest BCUT2D eigenvalue weighted by Crippen LogP contribution is -2.21. The number of alkyl halides is 1. The molecule has 1 heterocycles. The van der Waals surface area contributed by atoms with Crippen molar-refractivity contribution < 1.29 is 0 Å². The zero-order valence-electron chi connectivity index (χ0n) is 4.68. The minimum atomic E-state index is 0.549. The monoisotopic (exact) mass is 177 g/mol. The zero-order chi connectivity index (χ0) is 5.98. The van der Waals surface area contributed by atoms with Gasteiger partial charge in [-0.15, -0.1) is 0 Å². The Bertz CT molecular complexity index is 76.8. The molecule has 0 amide bonds. The van der Waals surface area contributed by atoms with E-state index in [0.29, 0.717) is 10.7 Å². The lowest BCUT2D eigenvalue weighted by atomic mass is 10.1. The Kier molecular flexibility index (Phi) is 2.28. The Morgan fingerprint density at radius 1 is 1.62 bits per heavy atom. The molecule has 0 spiro atoms. The highest BCUT2D eigenvalue weighted by Crippen LogP contribution is 2.16. The first-order valence-electron chi connectivity index (χ1n) is 2.82. The normalized spacial score (nSPS) is 38.2. The Balaban J connectivity index is 2.30. The maximum absolute atomic E-state index is 5.43. The fraction of sp³-hybridized carbons (Fsp3) is 1.00. The second-order valence-electron chi connectivity index (χ2n) is 2.10. The van der Waals surface area contributed by atoms with E-state index >= 15 is 0 Å². The van der Waals surface area contributed by atoms with Gasteiger partial charge in [0.1, 0.15) is 0 Å². The van der Waals surface area contributed by atoms with Crippen molar-refractivity contribution in [2.75, 3.05) is 19.6 Å². The highest BCUT2D eigenvalue weighted by Gasteiger charge is 2.23. The Labute approximate surface area is 58.0 Å². The van der Waals surface area contributed by atoms with Crippen molar-refractivity contribution in [2.45, 2.75) is 4.83 Å². The molecule has 0 aromatic heterocycles. The van der Waals surface area contributed by atoms with Gasteiger partial charge in [0.05, 0.1) is 0 Å². The molecule has 0 aromatic rings. The quantitative estimate of drug-likeness (QED) is 0.561. The summed E-state index contributed by atoms with van der Waals surface area (Å²) in [5.74, 6) is 0.593. The second kappa shape index (κ2) is 2.80. The van der Waals surface area contributed by atoms with Crippen LogP contribution in [0.1, 0.15) is 0 Å². The van der Waals surface area contributed by atoms with Crippen LogP contribution >= 0.6 is 15.9 Å². The van der Waals surface area contributed by atoms with Gasteiger partial charge < -0.3 is 5.73 Å². The summed E-state index contributed by atoms with van der Waals surface area (Å²) in [7, 11) is 0. The van der Waals surface area contributed by atoms with Crippen molar-refractivity contribution in [3.63, 3.8) is 0 Å². The molecule has 2 atom stereocenters. The topological polar surface area (TPSA) is 40.1 Å². The summed E-state index contributed by atoms with van der Waals surface area (Å²) in [6, 6.07) is 0. The van der Waals surface area contributed by atoms with Gasteiger partial charge in [-0.05, 0) is 12.5 Å². The second-order valence-corrected chi connectivity index (χ2v) is 3.28. The van der Waals surface area contributed by atoms with Gasteiger partial charge in [-0.3, -0.25) is 0 Å². The van der Waals surface area contributed by atoms with Crippen molar-refractivity contribution in [2.24, 2.45) is 11.7 Å². The summed E-state index contributed by atoms with van der Waals surface area (Å²) in [6.07, 6.45) is 0. The standard InChI is InChI=1S/C5H10BrN2/c6-5-3-8-2-4(5)1-7/h4-5H,1-3,7H2. The molecule has 2 nitrogen and oxygen atoms in total. The van der Waals surface area contributed by atoms with Crippen LogP contribution in [0.15, 0.2) is 0 Å². The average Bonchev–Trinajstić information content (AvgIpc) is 2.14. The molecular formula is C5H10BrN2. The first-order valence-corrected chi connectivity index (χ1v) is 3.73. The van der Waals surface area contributed by atoms with E-state index in [9.17, 15) is 0 Å². The number of rotatable bonds is 1. The van der Waals surface area contributed by atoms with Crippen LogP contribution in [0.4, 0.5) is 0 Å². The van der Waals surface area contributed by atoms with Crippen LogP contribution in [-0.4, -0.2) is 24.5 Å². The minimum absolute atomic E-state index is 0.549. The maximum Gasteiger partial charge on any atom is 0.0340 e. The van der Waals surface area contributed by atoms with E-state index in [1.54, 1.807) is 0 Å². The van der Waals surface area contributed by atoms with E-state index in [0.717, 1.165) is 19.6 Å². The number of nitrogens with zero attached hydrogens (tertiary/aromatic N) is 1. The van der Waals surface area contributed by atoms with Crippen molar-refractivity contribution in [3.05, 3.63) is 0 Å². The Morgan fingerprint density at radius 2 is 2.38 bits per heavy atom. The van der Waals surface area contributed by atoms with Crippen LogP contribution in [0.3, 0.4) is 0 Å². The Morgan fingerprint density at radius 3 is 2.62 bits per heavy atom. The number of nitrogens with two attached hydrogens (primary N) is 1. The number of hydrogen-bond donors (Lipinski definition) is 1. The number of halogens is 1. The molecule has 0 saturated carbocycles. The Hall–Kier alpha value is 0.400. The zero-order valence-corrected chi connectivity index (χ0v) is 6.26. The predicted octanol–water partition coefficient (Wildman–Crippen LogP) is -0.0572. The molecule has 1 aliphatic rings. The van der Waals surface area contributed by atoms with Crippen LogP contribution in [0, 0.1) is 5.92 Å². The first kappa shape index (κ1) is 6.52. The highest BCUT2D eigenvalue weighted by atomic mass is 79.9. The molecule has 1 saturated heterocycles. The molecule has 1 aliphatic heterocycles. The molecule has 8 heavy (non-hydrogen) atoms. The first-order chi connectivity index (χ1) is 3.84. The average molecular weight is 178 g/mol. The third kappa shape index (κ3) is 1.21. The van der Waals surface area contributed by atoms with E-state index in [-0.39, 0.29) is 0 Å². The van der Waals surface area contributed by atoms with E-state index in [1.165, 1.54) is 0 Å². The van der Waals surface area contributed by atoms with E-state index < -0.39 is 0 Å². The summed E-state index contributed by atoms with van der Waals surface area (Å²) < 4.78 is 0. The van der Waals surface area contributed by atoms with Crippen LogP contribution in [0.5, 0.6) is 0 Å². The predicted molar refractivity (Wildman–Crippen MR) is 37.1 cm³/mol. The smallest absolute Gasteiger partial charge is 0.0340 e. The van der Waals surface area contributed by atoms with Gasteiger partial charge in [0.15, 0.2) is 0 Å². The third-order valence-corrected chi connectivity index (χ3v) is 2.52. The summed E-state index contributed by atoms with van der Waals surface area (Å²) in [5.41, 5.74) is 5.43. The van der Waals surface area contributed by atoms with Crippen LogP contribution in [0.25, 0.3) is 0 Å². The van der Waals surface area contributed by atoms with Crippen molar-refractivity contribution in [3.8, 4) is 0 Å². The van der Waals surface area contributed by atoms with E-state index in [2.05, 4.69) is 21.2 Å². The summed E-state index contributed by atoms with van der Waals surface area (Å²) >= 11 is 3.49. The van der Waals surface area contributed by atoms with Crippen molar-refractivity contribution in [1.82, 2.24) is 5.32 Å². The third-order valence-electron chi connectivity index (χ3n) is 1.48. The molecule has 1 fully saturated rings. The summed E-state index contributed by atoms with van der Waals surface area (Å²) in [5, 5.41) is 4.19. The molecule has 0 aliphatic carbocycles. The maximum atomic E-state index is 5.43. The fourth-order valence-electron chi connectivity index (χ4n) is 0.849. The van der Waals surface area contributed by atoms with Gasteiger partial charge in [0, 0.05) is 17.9 Å². The van der Waals surface area contributed by atoms with Crippen LogP contribution < -0.4 is 11.1 Å². The van der Waals surface area contributed by atoms with Gasteiger partial charge in [0.2, 0.25) is 0 Å². The molecule has 2 unspecified atom stereocenters. The van der Waals surface area contributed by atoms with Crippen LogP contribution in [0.2, 0.25) is 0 Å². The number of hydrogen-bond acceptors (Lipinski definition) is 1. The highest BCUT2D eigenvalue weighted by molar-refractivity contribution is 9.09. The fourth-order valence-corrected chi connectivity index (χ4v) is 1.44. The molecule has 47 valence electrons. The van der Waals surface area contributed by atoms with Gasteiger partial charge in [0.25, 0.3) is 0 Å².